The van der Waals surface area contributed by atoms with E-state index in [2.05, 4.69) is 4.74 Å². The predicted molar refractivity (Wildman–Crippen MR) is 95.8 cm³/mol. The zero-order valence-corrected chi connectivity index (χ0v) is 14.6. The average Bonchev–Trinajstić information content (AvgIpc) is 2.65. The van der Waals surface area contributed by atoms with Crippen molar-refractivity contribution in [2.24, 2.45) is 0 Å². The van der Waals surface area contributed by atoms with Crippen LogP contribution in [0.25, 0.3) is 11.0 Å². The van der Waals surface area contributed by atoms with E-state index in [1.807, 2.05) is 19.1 Å². The lowest BCUT2D eigenvalue weighted by atomic mass is 10.2. The maximum Gasteiger partial charge on any atom is 0.346 e. The molecule has 1 atom stereocenters. The summed E-state index contributed by atoms with van der Waals surface area (Å²) in [6, 6.07) is 12.1. The summed E-state index contributed by atoms with van der Waals surface area (Å²) in [5, 5.41) is 0.354. The second-order valence-electron chi connectivity index (χ2n) is 5.79. The summed E-state index contributed by atoms with van der Waals surface area (Å²) in [5.41, 5.74) is 1.14. The van der Waals surface area contributed by atoms with Crippen molar-refractivity contribution >= 4 is 16.9 Å². The molecule has 0 spiro atoms. The van der Waals surface area contributed by atoms with Crippen LogP contribution in [0.1, 0.15) is 12.5 Å². The van der Waals surface area contributed by atoms with E-state index in [9.17, 15) is 9.59 Å². The van der Waals surface area contributed by atoms with Crippen LogP contribution in [0, 0.1) is 6.92 Å². The van der Waals surface area contributed by atoms with Crippen molar-refractivity contribution in [1.82, 2.24) is 0 Å². The van der Waals surface area contributed by atoms with Crippen LogP contribution in [0.4, 0.5) is 0 Å². The molecule has 1 heterocycles. The molecule has 0 radical (unpaired) electrons. The molecule has 26 heavy (non-hydrogen) atoms. The molecule has 0 aliphatic carbocycles. The molecule has 0 saturated carbocycles. The highest BCUT2D eigenvalue weighted by Gasteiger charge is 2.16. The molecule has 0 saturated heterocycles. The molecule has 0 N–H and O–H groups in total. The van der Waals surface area contributed by atoms with E-state index < -0.39 is 12.1 Å². The molecule has 0 fully saturated rings. The van der Waals surface area contributed by atoms with Gasteiger partial charge < -0.3 is 18.6 Å². The van der Waals surface area contributed by atoms with Crippen molar-refractivity contribution < 1.29 is 23.4 Å². The summed E-state index contributed by atoms with van der Waals surface area (Å²) < 4.78 is 21.2. The number of esters is 1. The Balaban J connectivity index is 1.87. The highest BCUT2D eigenvalue weighted by Crippen LogP contribution is 2.24. The van der Waals surface area contributed by atoms with E-state index in [-0.39, 0.29) is 11.2 Å². The Morgan fingerprint density at radius 2 is 1.77 bits per heavy atom. The Labute approximate surface area is 149 Å². The minimum atomic E-state index is -0.770. The minimum absolute atomic E-state index is 0.0953. The Morgan fingerprint density at radius 3 is 2.46 bits per heavy atom. The van der Waals surface area contributed by atoms with Crippen molar-refractivity contribution in [1.29, 1.82) is 0 Å². The van der Waals surface area contributed by atoms with E-state index in [1.54, 1.807) is 37.3 Å². The van der Waals surface area contributed by atoms with Gasteiger partial charge in [0.15, 0.2) is 6.10 Å². The van der Waals surface area contributed by atoms with Crippen molar-refractivity contribution in [2.45, 2.75) is 20.0 Å². The first-order valence-electron chi connectivity index (χ1n) is 8.02. The van der Waals surface area contributed by atoms with Gasteiger partial charge in [-0.15, -0.1) is 0 Å². The molecule has 0 aliphatic heterocycles. The molecule has 1 aromatic heterocycles. The van der Waals surface area contributed by atoms with Crippen LogP contribution in [-0.2, 0) is 9.53 Å². The summed E-state index contributed by atoms with van der Waals surface area (Å²) in [4.78, 5) is 24.0. The lowest BCUT2D eigenvalue weighted by molar-refractivity contribution is -0.147. The topological polar surface area (TPSA) is 75.0 Å². The molecule has 6 nitrogen and oxygen atoms in total. The number of carbonyl (C=O) groups is 1. The van der Waals surface area contributed by atoms with Gasteiger partial charge in [0.05, 0.1) is 12.5 Å². The van der Waals surface area contributed by atoms with Crippen LogP contribution in [0.15, 0.2) is 57.9 Å². The van der Waals surface area contributed by atoms with Gasteiger partial charge in [0.25, 0.3) is 0 Å². The first-order valence-corrected chi connectivity index (χ1v) is 8.02. The van der Waals surface area contributed by atoms with Crippen molar-refractivity contribution in [2.75, 3.05) is 7.11 Å². The van der Waals surface area contributed by atoms with Gasteiger partial charge in [-0.2, -0.15) is 0 Å². The lowest BCUT2D eigenvalue weighted by Gasteiger charge is -2.12. The Bertz CT molecular complexity index is 987. The number of benzene rings is 2. The monoisotopic (exact) mass is 354 g/mol. The molecular weight excluding hydrogens is 336 g/mol. The van der Waals surface area contributed by atoms with E-state index in [1.165, 1.54) is 13.4 Å². The van der Waals surface area contributed by atoms with E-state index in [4.69, 9.17) is 13.9 Å². The molecule has 134 valence electrons. The summed E-state index contributed by atoms with van der Waals surface area (Å²) in [7, 11) is 1.29. The van der Waals surface area contributed by atoms with Gasteiger partial charge in [0, 0.05) is 6.07 Å². The Morgan fingerprint density at radius 1 is 1.08 bits per heavy atom. The number of fused-ring (bicyclic) bond motifs is 1. The lowest BCUT2D eigenvalue weighted by Crippen LogP contribution is -2.24. The van der Waals surface area contributed by atoms with Gasteiger partial charge in [-0.25, -0.2) is 4.79 Å². The van der Waals surface area contributed by atoms with Crippen LogP contribution in [-0.4, -0.2) is 19.2 Å². The van der Waals surface area contributed by atoms with E-state index in [0.29, 0.717) is 22.5 Å². The number of carbonyl (C=O) groups excluding carboxylic acids is 1. The highest BCUT2D eigenvalue weighted by molar-refractivity contribution is 5.79. The van der Waals surface area contributed by atoms with Gasteiger partial charge in [0.1, 0.15) is 23.3 Å². The van der Waals surface area contributed by atoms with Crippen LogP contribution in [0.3, 0.4) is 0 Å². The number of rotatable bonds is 5. The molecule has 0 aliphatic rings. The van der Waals surface area contributed by atoms with Crippen LogP contribution in [0.5, 0.6) is 17.2 Å². The van der Waals surface area contributed by atoms with Crippen LogP contribution < -0.4 is 14.9 Å². The maximum atomic E-state index is 12.6. The largest absolute Gasteiger partial charge is 0.479 e. The van der Waals surface area contributed by atoms with Gasteiger partial charge >= 0.3 is 5.97 Å². The third kappa shape index (κ3) is 3.69. The highest BCUT2D eigenvalue weighted by atomic mass is 16.6. The minimum Gasteiger partial charge on any atom is -0.479 e. The molecule has 2 aromatic carbocycles. The Hall–Kier alpha value is -3.28. The van der Waals surface area contributed by atoms with Crippen molar-refractivity contribution in [3.05, 3.63) is 64.5 Å². The van der Waals surface area contributed by atoms with Gasteiger partial charge in [0.2, 0.25) is 11.2 Å². The number of aryl methyl sites for hydroxylation is 1. The van der Waals surface area contributed by atoms with Crippen molar-refractivity contribution in [3.63, 3.8) is 0 Å². The van der Waals surface area contributed by atoms with Gasteiger partial charge in [-0.1, -0.05) is 17.7 Å². The molecule has 3 rings (SSSR count). The summed E-state index contributed by atoms with van der Waals surface area (Å²) in [5.74, 6) is 0.547. The van der Waals surface area contributed by atoms with Crippen LogP contribution >= 0.6 is 0 Å². The summed E-state index contributed by atoms with van der Waals surface area (Å²) in [6.07, 6.45) is 0.492. The number of hydrogen-bond donors (Lipinski definition) is 0. The zero-order chi connectivity index (χ0) is 18.7. The van der Waals surface area contributed by atoms with Crippen molar-refractivity contribution in [3.8, 4) is 17.2 Å². The Kier molecular flexibility index (Phi) is 4.93. The molecule has 0 bridgehead atoms. The maximum absolute atomic E-state index is 12.6. The second-order valence-corrected chi connectivity index (χ2v) is 5.79. The number of hydrogen-bond acceptors (Lipinski definition) is 6. The van der Waals surface area contributed by atoms with Gasteiger partial charge in [-0.3, -0.25) is 4.79 Å². The molecular formula is C20H18O6. The summed E-state index contributed by atoms with van der Waals surface area (Å²) >= 11 is 0. The standard InChI is InChI=1S/C20H18O6/c1-12-4-6-14(7-5-12)26-18-11-24-17-10-15(8-9-16(17)19(18)21)25-13(2)20(22)23-3/h4-11,13H,1-3H3/t13-/m0/s1. The molecule has 0 unspecified atom stereocenters. The van der Waals surface area contributed by atoms with Crippen LogP contribution in [0.2, 0.25) is 0 Å². The second kappa shape index (κ2) is 7.31. The van der Waals surface area contributed by atoms with E-state index >= 15 is 0 Å². The first kappa shape index (κ1) is 17.5. The normalized spacial score (nSPS) is 11.8. The first-order chi connectivity index (χ1) is 12.5. The molecule has 6 heteroatoms. The quantitative estimate of drug-likeness (QED) is 0.648. The number of ether oxygens (including phenoxy) is 3. The smallest absolute Gasteiger partial charge is 0.346 e. The third-order valence-corrected chi connectivity index (χ3v) is 3.81. The summed E-state index contributed by atoms with van der Waals surface area (Å²) in [6.45, 7) is 3.54. The fourth-order valence-corrected chi connectivity index (χ4v) is 2.39. The van der Waals surface area contributed by atoms with E-state index in [0.717, 1.165) is 5.56 Å². The number of methoxy groups -OCH3 is 1. The van der Waals surface area contributed by atoms with Gasteiger partial charge in [-0.05, 0) is 38.1 Å². The average molecular weight is 354 g/mol. The zero-order valence-electron chi connectivity index (χ0n) is 14.6. The molecule has 3 aromatic rings. The third-order valence-electron chi connectivity index (χ3n) is 3.81. The SMILES string of the molecule is COC(=O)[C@H](C)Oc1ccc2c(=O)c(Oc3ccc(C)cc3)coc2c1. The molecule has 0 amide bonds. The fourth-order valence-electron chi connectivity index (χ4n) is 2.39. The predicted octanol–water partition coefficient (Wildman–Crippen LogP) is 3.83. The fraction of sp³-hybridized carbons (Fsp3) is 0.200.